The fourth-order valence-electron chi connectivity index (χ4n) is 7.15. The third kappa shape index (κ3) is 2.20. The van der Waals surface area contributed by atoms with Crippen LogP contribution in [0.15, 0.2) is 11.6 Å². The zero-order valence-electron chi connectivity index (χ0n) is 15.5. The predicted octanol–water partition coefficient (Wildman–Crippen LogP) is 4.16. The van der Waals surface area contributed by atoms with Gasteiger partial charge in [-0.3, -0.25) is 4.79 Å². The quantitative estimate of drug-likeness (QED) is 0.728. The third-order valence-electron chi connectivity index (χ3n) is 8.26. The van der Waals surface area contributed by atoms with Gasteiger partial charge in [-0.25, -0.2) is 0 Å². The summed E-state index contributed by atoms with van der Waals surface area (Å²) in [5, 5.41) is 0. The van der Waals surface area contributed by atoms with Gasteiger partial charge >= 0.3 is 0 Å². The molecule has 0 aromatic carbocycles. The second-order valence-electron chi connectivity index (χ2n) is 8.99. The number of ether oxygens (including phenoxy) is 2. The Morgan fingerprint density at radius 2 is 2.00 bits per heavy atom. The van der Waals surface area contributed by atoms with Crippen molar-refractivity contribution in [2.45, 2.75) is 64.4 Å². The van der Waals surface area contributed by atoms with Crippen LogP contribution in [0.25, 0.3) is 0 Å². The maximum Gasteiger partial charge on any atom is 0.136 e. The van der Waals surface area contributed by atoms with Crippen LogP contribution in [0.3, 0.4) is 0 Å². The number of Topliss-reactive ketones (excluding diaryl/α,β-unsaturated/α-hetero) is 1. The van der Waals surface area contributed by atoms with Crippen LogP contribution in [0.1, 0.15) is 58.3 Å². The van der Waals surface area contributed by atoms with Gasteiger partial charge in [0.25, 0.3) is 0 Å². The monoisotopic (exact) mass is 332 g/mol. The number of allylic oxidation sites excluding steroid dienone is 1. The second kappa shape index (κ2) is 5.95. The molecule has 4 aliphatic rings. The van der Waals surface area contributed by atoms with Gasteiger partial charge in [-0.15, -0.1) is 0 Å². The highest BCUT2D eigenvalue weighted by atomic mass is 16.5. The van der Waals surface area contributed by atoms with E-state index in [0.717, 1.165) is 37.7 Å². The maximum atomic E-state index is 12.0. The number of rotatable bonds is 3. The van der Waals surface area contributed by atoms with E-state index in [1.165, 1.54) is 31.3 Å². The number of carbonyl (C=O) groups is 1. The molecule has 0 heterocycles. The van der Waals surface area contributed by atoms with E-state index < -0.39 is 0 Å². The minimum Gasteiger partial charge on any atom is -0.384 e. The molecular formula is C21H32O3. The molecule has 0 unspecified atom stereocenters. The van der Waals surface area contributed by atoms with Crippen LogP contribution >= 0.6 is 0 Å². The number of hydrogen-bond acceptors (Lipinski definition) is 3. The first-order valence-corrected chi connectivity index (χ1v) is 9.78. The molecule has 4 aliphatic carbocycles. The van der Waals surface area contributed by atoms with Gasteiger partial charge in [-0.05, 0) is 61.7 Å². The summed E-state index contributed by atoms with van der Waals surface area (Å²) in [7, 11) is 3.72. The van der Waals surface area contributed by atoms with Crippen LogP contribution in [0, 0.1) is 28.6 Å². The Bertz CT molecular complexity index is 553. The van der Waals surface area contributed by atoms with Crippen molar-refractivity contribution in [3.8, 4) is 0 Å². The number of methoxy groups -OCH3 is 2. The average Bonchev–Trinajstić information content (AvgIpc) is 2.92. The summed E-state index contributed by atoms with van der Waals surface area (Å²) in [5.41, 5.74) is 1.89. The van der Waals surface area contributed by atoms with E-state index >= 15 is 0 Å². The molecule has 0 N–H and O–H groups in total. The number of hydrogen-bond donors (Lipinski definition) is 0. The molecule has 6 atom stereocenters. The van der Waals surface area contributed by atoms with Crippen LogP contribution < -0.4 is 0 Å². The fraction of sp³-hybridized carbons (Fsp3) is 0.857. The largest absolute Gasteiger partial charge is 0.384 e. The van der Waals surface area contributed by atoms with E-state index in [1.54, 1.807) is 0 Å². The van der Waals surface area contributed by atoms with Crippen molar-refractivity contribution >= 4 is 5.78 Å². The van der Waals surface area contributed by atoms with Crippen molar-refractivity contribution in [1.82, 2.24) is 0 Å². The van der Waals surface area contributed by atoms with Gasteiger partial charge in [-0.1, -0.05) is 18.6 Å². The molecule has 0 radical (unpaired) electrons. The summed E-state index contributed by atoms with van der Waals surface area (Å²) in [5.74, 6) is 2.63. The van der Waals surface area contributed by atoms with Crippen molar-refractivity contribution < 1.29 is 14.3 Å². The van der Waals surface area contributed by atoms with Gasteiger partial charge in [0.05, 0.1) is 12.7 Å². The third-order valence-corrected chi connectivity index (χ3v) is 8.26. The Labute approximate surface area is 146 Å². The minimum absolute atomic E-state index is 0.137. The molecule has 0 spiro atoms. The molecule has 3 fully saturated rings. The summed E-state index contributed by atoms with van der Waals surface area (Å²) in [4.78, 5) is 12.0. The molecule has 0 amide bonds. The molecule has 0 bridgehead atoms. The molecule has 24 heavy (non-hydrogen) atoms. The lowest BCUT2D eigenvalue weighted by molar-refractivity contribution is -0.126. The van der Waals surface area contributed by atoms with Gasteiger partial charge in [0.2, 0.25) is 0 Å². The smallest absolute Gasteiger partial charge is 0.136 e. The standard InChI is InChI=1S/C21H32O3/c1-20-10-9-18-16(17(20)6-7-19(20)24-3)5-4-14-12-15(22)8-11-21(14,18)13-23-2/h4,16-19H,5-13H2,1-3H3/t16-,17-,18-,19-,20-,21+/m0/s1. The summed E-state index contributed by atoms with van der Waals surface area (Å²) in [6.45, 7) is 3.27. The number of ketones is 1. The Morgan fingerprint density at radius 1 is 1.17 bits per heavy atom. The molecule has 0 aromatic rings. The first kappa shape index (κ1) is 16.8. The molecular weight excluding hydrogens is 300 g/mol. The van der Waals surface area contributed by atoms with Gasteiger partial charge in [0.15, 0.2) is 0 Å². The molecule has 0 aliphatic heterocycles. The Balaban J connectivity index is 1.69. The van der Waals surface area contributed by atoms with Gasteiger partial charge in [-0.2, -0.15) is 0 Å². The topological polar surface area (TPSA) is 35.5 Å². The lowest BCUT2D eigenvalue weighted by Crippen LogP contribution is -2.53. The summed E-state index contributed by atoms with van der Waals surface area (Å²) in [6.07, 6.45) is 11.5. The predicted molar refractivity (Wildman–Crippen MR) is 93.7 cm³/mol. The molecule has 4 rings (SSSR count). The normalized spacial score (nSPS) is 47.6. The zero-order valence-corrected chi connectivity index (χ0v) is 15.5. The Morgan fingerprint density at radius 3 is 2.75 bits per heavy atom. The van der Waals surface area contributed by atoms with Gasteiger partial charge in [0.1, 0.15) is 5.78 Å². The fourth-order valence-corrected chi connectivity index (χ4v) is 7.15. The molecule has 0 saturated heterocycles. The first-order valence-electron chi connectivity index (χ1n) is 9.78. The van der Waals surface area contributed by atoms with Crippen LogP contribution in [0.2, 0.25) is 0 Å². The molecule has 3 nitrogen and oxygen atoms in total. The van der Waals surface area contributed by atoms with Crippen LogP contribution in [-0.2, 0) is 14.3 Å². The SMILES string of the molecule is COC[C@]12CCC(=O)CC1=CC[C@@H]1[C@@H]2CC[C@]2(C)[C@@H](OC)CC[C@@H]12. The Kier molecular flexibility index (Phi) is 4.16. The highest BCUT2D eigenvalue weighted by Crippen LogP contribution is 2.65. The second-order valence-corrected chi connectivity index (χ2v) is 8.99. The molecule has 3 saturated carbocycles. The molecule has 0 aromatic heterocycles. The van der Waals surface area contributed by atoms with Crippen molar-refractivity contribution in [3.63, 3.8) is 0 Å². The van der Waals surface area contributed by atoms with Gasteiger partial charge in [0, 0.05) is 32.5 Å². The van der Waals surface area contributed by atoms with Crippen molar-refractivity contribution in [2.75, 3.05) is 20.8 Å². The van der Waals surface area contributed by atoms with Crippen molar-refractivity contribution in [1.29, 1.82) is 0 Å². The minimum atomic E-state index is 0.137. The van der Waals surface area contributed by atoms with E-state index in [1.807, 2.05) is 14.2 Å². The van der Waals surface area contributed by atoms with Crippen molar-refractivity contribution in [3.05, 3.63) is 11.6 Å². The highest BCUT2D eigenvalue weighted by Gasteiger charge is 2.60. The van der Waals surface area contributed by atoms with E-state index in [4.69, 9.17) is 9.47 Å². The first-order chi connectivity index (χ1) is 11.5. The summed E-state index contributed by atoms with van der Waals surface area (Å²) < 4.78 is 11.6. The van der Waals surface area contributed by atoms with E-state index in [-0.39, 0.29) is 5.41 Å². The zero-order chi connectivity index (χ0) is 16.9. The lowest BCUT2D eigenvalue weighted by Gasteiger charge is -2.58. The highest BCUT2D eigenvalue weighted by molar-refractivity contribution is 5.82. The molecule has 3 heteroatoms. The van der Waals surface area contributed by atoms with E-state index in [2.05, 4.69) is 13.0 Å². The van der Waals surface area contributed by atoms with E-state index in [0.29, 0.717) is 29.6 Å². The summed E-state index contributed by atoms with van der Waals surface area (Å²) in [6, 6.07) is 0. The van der Waals surface area contributed by atoms with Crippen LogP contribution in [0.5, 0.6) is 0 Å². The summed E-state index contributed by atoms with van der Waals surface area (Å²) >= 11 is 0. The number of fused-ring (bicyclic) bond motifs is 5. The Hall–Kier alpha value is -0.670. The van der Waals surface area contributed by atoms with Crippen LogP contribution in [-0.4, -0.2) is 32.7 Å². The van der Waals surface area contributed by atoms with Gasteiger partial charge < -0.3 is 9.47 Å². The van der Waals surface area contributed by atoms with E-state index in [9.17, 15) is 4.79 Å². The van der Waals surface area contributed by atoms with Crippen molar-refractivity contribution in [2.24, 2.45) is 28.6 Å². The lowest BCUT2D eigenvalue weighted by atomic mass is 9.47. The number of carbonyl (C=O) groups excluding carboxylic acids is 1. The average molecular weight is 332 g/mol. The van der Waals surface area contributed by atoms with Crippen LogP contribution in [0.4, 0.5) is 0 Å². The maximum absolute atomic E-state index is 12.0. The molecule has 134 valence electrons.